The van der Waals surface area contributed by atoms with E-state index in [1.54, 1.807) is 6.07 Å². The molecular formula is C9H10N4O3S. The summed E-state index contributed by atoms with van der Waals surface area (Å²) in [6.45, 7) is 0. The Balaban J connectivity index is 1.98. The zero-order valence-electron chi connectivity index (χ0n) is 8.78. The van der Waals surface area contributed by atoms with Crippen molar-refractivity contribution in [3.8, 4) is 0 Å². The molecule has 0 unspecified atom stereocenters. The van der Waals surface area contributed by atoms with Crippen LogP contribution in [-0.4, -0.2) is 48.0 Å². The van der Waals surface area contributed by atoms with Gasteiger partial charge in [-0.25, -0.2) is 23.2 Å². The number of anilines is 1. The molecule has 0 bridgehead atoms. The van der Waals surface area contributed by atoms with Crippen molar-refractivity contribution < 1.29 is 13.2 Å². The van der Waals surface area contributed by atoms with E-state index < -0.39 is 15.9 Å². The third kappa shape index (κ3) is 1.64. The van der Waals surface area contributed by atoms with Crippen molar-refractivity contribution in [2.75, 3.05) is 16.4 Å². The van der Waals surface area contributed by atoms with E-state index in [1.807, 2.05) is 0 Å². The van der Waals surface area contributed by atoms with E-state index in [1.165, 1.54) is 17.3 Å². The molecule has 17 heavy (non-hydrogen) atoms. The Hall–Kier alpha value is -1.70. The van der Waals surface area contributed by atoms with Crippen molar-refractivity contribution in [1.82, 2.24) is 15.3 Å². The average molecular weight is 254 g/mol. The van der Waals surface area contributed by atoms with Crippen LogP contribution in [0.4, 0.5) is 10.7 Å². The highest BCUT2D eigenvalue weighted by atomic mass is 32.2. The molecule has 2 atom stereocenters. The largest absolute Gasteiger partial charge is 0.332 e. The highest BCUT2D eigenvalue weighted by molar-refractivity contribution is 7.91. The number of carbonyl (C=O) groups excluding carboxylic acids is 1. The van der Waals surface area contributed by atoms with Crippen LogP contribution in [0, 0.1) is 0 Å². The molecule has 0 saturated carbocycles. The molecular weight excluding hydrogens is 244 g/mol. The van der Waals surface area contributed by atoms with E-state index in [9.17, 15) is 13.2 Å². The minimum absolute atomic E-state index is 0.00720. The van der Waals surface area contributed by atoms with E-state index in [-0.39, 0.29) is 29.5 Å². The molecule has 2 aliphatic rings. The molecule has 8 heteroatoms. The number of aromatic nitrogens is 2. The summed E-state index contributed by atoms with van der Waals surface area (Å²) in [5.74, 6) is 0.205. The minimum atomic E-state index is -3.08. The van der Waals surface area contributed by atoms with Crippen molar-refractivity contribution in [2.24, 2.45) is 0 Å². The predicted octanol–water partition coefficient (Wildman–Crippen LogP) is -0.828. The van der Waals surface area contributed by atoms with Gasteiger partial charge in [-0.05, 0) is 6.07 Å². The maximum Gasteiger partial charge on any atom is 0.324 e. The van der Waals surface area contributed by atoms with E-state index in [2.05, 4.69) is 15.3 Å². The third-order valence-electron chi connectivity index (χ3n) is 2.95. The first-order valence-corrected chi connectivity index (χ1v) is 6.96. The number of nitrogens with one attached hydrogen (secondary N) is 1. The Kier molecular flexibility index (Phi) is 2.09. The van der Waals surface area contributed by atoms with Gasteiger partial charge in [0.15, 0.2) is 9.84 Å². The first-order chi connectivity index (χ1) is 8.07. The van der Waals surface area contributed by atoms with Crippen molar-refractivity contribution in [2.45, 2.75) is 12.1 Å². The van der Waals surface area contributed by atoms with Gasteiger partial charge in [0, 0.05) is 12.4 Å². The molecule has 90 valence electrons. The molecule has 0 aromatic carbocycles. The first kappa shape index (κ1) is 10.5. The van der Waals surface area contributed by atoms with Crippen LogP contribution in [-0.2, 0) is 9.84 Å². The summed E-state index contributed by atoms with van der Waals surface area (Å²) in [6.07, 6.45) is 3.04. The highest BCUT2D eigenvalue weighted by Gasteiger charge is 2.50. The molecule has 3 rings (SSSR count). The van der Waals surface area contributed by atoms with Crippen molar-refractivity contribution in [3.63, 3.8) is 0 Å². The van der Waals surface area contributed by atoms with Gasteiger partial charge in [-0.1, -0.05) is 0 Å². The Morgan fingerprint density at radius 1 is 1.29 bits per heavy atom. The van der Waals surface area contributed by atoms with Crippen LogP contribution >= 0.6 is 0 Å². The van der Waals surface area contributed by atoms with Crippen molar-refractivity contribution in [1.29, 1.82) is 0 Å². The van der Waals surface area contributed by atoms with E-state index >= 15 is 0 Å². The number of hydrogen-bond acceptors (Lipinski definition) is 5. The van der Waals surface area contributed by atoms with Crippen LogP contribution in [0.15, 0.2) is 18.5 Å². The smallest absolute Gasteiger partial charge is 0.324 e. The number of hydrogen-bond donors (Lipinski definition) is 1. The summed E-state index contributed by atoms with van der Waals surface area (Å²) in [5.41, 5.74) is 0. The van der Waals surface area contributed by atoms with Gasteiger partial charge in [0.05, 0.1) is 23.6 Å². The lowest BCUT2D eigenvalue weighted by molar-refractivity contribution is 0.250. The van der Waals surface area contributed by atoms with Crippen LogP contribution in [0.3, 0.4) is 0 Å². The first-order valence-electron chi connectivity index (χ1n) is 5.14. The topological polar surface area (TPSA) is 92.3 Å². The fourth-order valence-corrected chi connectivity index (χ4v) is 4.15. The highest BCUT2D eigenvalue weighted by Crippen LogP contribution is 2.26. The molecule has 3 heterocycles. The van der Waals surface area contributed by atoms with Gasteiger partial charge in [-0.15, -0.1) is 0 Å². The molecule has 2 fully saturated rings. The number of fused-ring (bicyclic) bond motifs is 1. The van der Waals surface area contributed by atoms with Gasteiger partial charge >= 0.3 is 6.03 Å². The molecule has 1 N–H and O–H groups in total. The summed E-state index contributed by atoms with van der Waals surface area (Å²) >= 11 is 0. The van der Waals surface area contributed by atoms with Gasteiger partial charge in [0.25, 0.3) is 0 Å². The summed E-state index contributed by atoms with van der Waals surface area (Å²) in [6, 6.07) is 0.563. The second-order valence-corrected chi connectivity index (χ2v) is 6.27. The number of amides is 2. The normalized spacial score (nSPS) is 30.1. The van der Waals surface area contributed by atoms with Crippen LogP contribution in [0.1, 0.15) is 0 Å². The van der Waals surface area contributed by atoms with E-state index in [4.69, 9.17) is 0 Å². The summed E-state index contributed by atoms with van der Waals surface area (Å²) < 4.78 is 23.0. The van der Waals surface area contributed by atoms with Gasteiger partial charge < -0.3 is 5.32 Å². The number of urea groups is 1. The SMILES string of the molecule is O=C1N[C@@H]2CS(=O)(=O)C[C@H]2N1c1ncccn1. The monoisotopic (exact) mass is 254 g/mol. The summed E-state index contributed by atoms with van der Waals surface area (Å²) in [4.78, 5) is 21.0. The molecule has 1 aromatic rings. The van der Waals surface area contributed by atoms with Gasteiger partial charge in [-0.3, -0.25) is 4.90 Å². The fourth-order valence-electron chi connectivity index (χ4n) is 2.25. The standard InChI is InChI=1S/C9H10N4O3S/c14-9-12-6-4-17(15,16)5-7(6)13(9)8-10-2-1-3-11-8/h1-3,6-7H,4-5H2,(H,12,14)/t6-,7-/m1/s1. The van der Waals surface area contributed by atoms with Crippen LogP contribution in [0.2, 0.25) is 0 Å². The van der Waals surface area contributed by atoms with E-state index in [0.29, 0.717) is 0 Å². The Bertz CT molecular complexity index is 559. The van der Waals surface area contributed by atoms with Crippen LogP contribution in [0.5, 0.6) is 0 Å². The second-order valence-electron chi connectivity index (χ2n) is 4.12. The number of sulfone groups is 1. The fraction of sp³-hybridized carbons (Fsp3) is 0.444. The van der Waals surface area contributed by atoms with Gasteiger partial charge in [-0.2, -0.15) is 0 Å². The average Bonchev–Trinajstić information content (AvgIpc) is 2.69. The van der Waals surface area contributed by atoms with E-state index in [0.717, 1.165) is 0 Å². The number of rotatable bonds is 1. The molecule has 7 nitrogen and oxygen atoms in total. The molecule has 2 amide bonds. The maximum absolute atomic E-state index is 11.7. The Morgan fingerprint density at radius 3 is 2.71 bits per heavy atom. The lowest BCUT2D eigenvalue weighted by atomic mass is 10.2. The van der Waals surface area contributed by atoms with Crippen molar-refractivity contribution >= 4 is 21.8 Å². The minimum Gasteiger partial charge on any atom is -0.332 e. The van der Waals surface area contributed by atoms with Gasteiger partial charge in [0.1, 0.15) is 0 Å². The zero-order valence-corrected chi connectivity index (χ0v) is 9.59. The molecule has 2 saturated heterocycles. The molecule has 2 aliphatic heterocycles. The van der Waals surface area contributed by atoms with Gasteiger partial charge in [0.2, 0.25) is 5.95 Å². The lowest BCUT2D eigenvalue weighted by Crippen LogP contribution is -2.38. The lowest BCUT2D eigenvalue weighted by Gasteiger charge is -2.18. The quantitative estimate of drug-likeness (QED) is 0.660. The molecule has 1 aromatic heterocycles. The predicted molar refractivity (Wildman–Crippen MR) is 59.3 cm³/mol. The van der Waals surface area contributed by atoms with Crippen LogP contribution < -0.4 is 10.2 Å². The second kappa shape index (κ2) is 3.39. The van der Waals surface area contributed by atoms with Crippen molar-refractivity contribution in [3.05, 3.63) is 18.5 Å². The summed E-state index contributed by atoms with van der Waals surface area (Å²) in [7, 11) is -3.08. The Morgan fingerprint density at radius 2 is 2.00 bits per heavy atom. The number of carbonyl (C=O) groups is 1. The third-order valence-corrected chi connectivity index (χ3v) is 4.67. The zero-order chi connectivity index (χ0) is 12.0. The maximum atomic E-state index is 11.7. The Labute approximate surface area is 97.8 Å². The molecule has 0 aliphatic carbocycles. The molecule has 0 spiro atoms. The summed E-state index contributed by atoms with van der Waals surface area (Å²) in [5, 5.41) is 2.65. The number of nitrogens with zero attached hydrogens (tertiary/aromatic N) is 3. The molecule has 0 radical (unpaired) electrons. The van der Waals surface area contributed by atoms with Crippen LogP contribution in [0.25, 0.3) is 0 Å².